The molecule has 0 aromatic heterocycles. The Morgan fingerprint density at radius 1 is 0.750 bits per heavy atom. The Labute approximate surface area is 166 Å². The number of rotatable bonds is 3. The monoisotopic (exact) mass is 366 g/mol. The van der Waals surface area contributed by atoms with Crippen LogP contribution in [0.25, 0.3) is 21.5 Å². The van der Waals surface area contributed by atoms with E-state index in [9.17, 15) is 0 Å². The van der Waals surface area contributed by atoms with Crippen LogP contribution in [-0.2, 0) is 0 Å². The molecule has 4 bridgehead atoms. The Morgan fingerprint density at radius 3 is 2.43 bits per heavy atom. The van der Waals surface area contributed by atoms with E-state index in [4.69, 9.17) is 4.74 Å². The van der Waals surface area contributed by atoms with E-state index in [0.29, 0.717) is 0 Å². The molecule has 0 amide bonds. The van der Waals surface area contributed by atoms with Crippen molar-refractivity contribution in [3.63, 3.8) is 0 Å². The van der Waals surface area contributed by atoms with E-state index in [0.717, 1.165) is 53.8 Å². The molecular formula is C27H26O. The van der Waals surface area contributed by atoms with Gasteiger partial charge in [0, 0.05) is 5.39 Å². The molecule has 140 valence electrons. The Kier molecular flexibility index (Phi) is 3.14. The van der Waals surface area contributed by atoms with Gasteiger partial charge in [-0.1, -0.05) is 48.6 Å². The molecule has 0 spiro atoms. The lowest BCUT2D eigenvalue weighted by molar-refractivity contribution is 0.109. The number of ether oxygens (including phenoxy) is 1. The summed E-state index contributed by atoms with van der Waals surface area (Å²) in [5, 5.41) is 5.13. The molecule has 0 aliphatic heterocycles. The van der Waals surface area contributed by atoms with E-state index in [1.807, 2.05) is 0 Å². The zero-order valence-electron chi connectivity index (χ0n) is 16.1. The second-order valence-electron chi connectivity index (χ2n) is 9.75. The van der Waals surface area contributed by atoms with E-state index < -0.39 is 0 Å². The minimum atomic E-state index is 0.759. The highest BCUT2D eigenvalue weighted by Gasteiger charge is 2.60. The van der Waals surface area contributed by atoms with Gasteiger partial charge in [0.05, 0.1) is 6.61 Å². The maximum absolute atomic E-state index is 6.52. The third kappa shape index (κ3) is 2.08. The van der Waals surface area contributed by atoms with Crippen molar-refractivity contribution in [1.29, 1.82) is 0 Å². The molecule has 1 nitrogen and oxygen atoms in total. The first-order valence-electron chi connectivity index (χ1n) is 11.1. The van der Waals surface area contributed by atoms with Crippen LogP contribution in [0.3, 0.4) is 0 Å². The number of hydrogen-bond donors (Lipinski definition) is 0. The van der Waals surface area contributed by atoms with Gasteiger partial charge in [-0.05, 0) is 95.0 Å². The number of benzene rings is 3. The fourth-order valence-corrected chi connectivity index (χ4v) is 7.61. The molecule has 3 fully saturated rings. The zero-order chi connectivity index (χ0) is 18.2. The molecule has 0 heterocycles. The molecule has 7 atom stereocenters. The van der Waals surface area contributed by atoms with Crippen LogP contribution in [0, 0.1) is 41.4 Å². The molecule has 3 saturated carbocycles. The van der Waals surface area contributed by atoms with Crippen molar-refractivity contribution in [2.24, 2.45) is 41.4 Å². The first-order valence-corrected chi connectivity index (χ1v) is 11.1. The normalized spacial score (nSPS) is 37.2. The van der Waals surface area contributed by atoms with Crippen molar-refractivity contribution >= 4 is 21.5 Å². The summed E-state index contributed by atoms with van der Waals surface area (Å²) >= 11 is 0. The quantitative estimate of drug-likeness (QED) is 0.293. The molecule has 0 radical (unpaired) electrons. The average Bonchev–Trinajstić information content (AvgIpc) is 3.50. The van der Waals surface area contributed by atoms with E-state index in [2.05, 4.69) is 66.7 Å². The first-order chi connectivity index (χ1) is 13.8. The van der Waals surface area contributed by atoms with Crippen molar-refractivity contribution in [3.8, 4) is 5.75 Å². The fraction of sp³-hybridized carbons (Fsp3) is 0.407. The van der Waals surface area contributed by atoms with Crippen molar-refractivity contribution < 1.29 is 4.74 Å². The molecule has 0 saturated heterocycles. The highest BCUT2D eigenvalue weighted by molar-refractivity contribution is 6.00. The lowest BCUT2D eigenvalue weighted by Gasteiger charge is -2.36. The third-order valence-electron chi connectivity index (χ3n) is 8.57. The largest absolute Gasteiger partial charge is 0.493 e. The first kappa shape index (κ1) is 15.6. The second kappa shape index (κ2) is 5.63. The predicted molar refractivity (Wildman–Crippen MR) is 114 cm³/mol. The van der Waals surface area contributed by atoms with Gasteiger partial charge in [-0.15, -0.1) is 0 Å². The molecule has 0 N–H and O–H groups in total. The topological polar surface area (TPSA) is 9.23 Å². The van der Waals surface area contributed by atoms with Crippen LogP contribution in [-0.4, -0.2) is 6.61 Å². The fourth-order valence-electron chi connectivity index (χ4n) is 7.61. The van der Waals surface area contributed by atoms with E-state index >= 15 is 0 Å². The second-order valence-corrected chi connectivity index (χ2v) is 9.75. The highest BCUT2D eigenvalue weighted by Crippen LogP contribution is 2.66. The number of allylic oxidation sites excluding steroid dienone is 2. The molecule has 1 heteroatoms. The Morgan fingerprint density at radius 2 is 1.54 bits per heavy atom. The summed E-state index contributed by atoms with van der Waals surface area (Å²) in [6.07, 6.45) is 9.40. The van der Waals surface area contributed by atoms with Gasteiger partial charge in [-0.25, -0.2) is 0 Å². The average molecular weight is 367 g/mol. The molecule has 28 heavy (non-hydrogen) atoms. The van der Waals surface area contributed by atoms with E-state index in [1.165, 1.54) is 40.8 Å². The van der Waals surface area contributed by atoms with Crippen LogP contribution in [0.15, 0.2) is 66.7 Å². The Balaban J connectivity index is 1.17. The summed E-state index contributed by atoms with van der Waals surface area (Å²) in [4.78, 5) is 0. The molecule has 4 aliphatic rings. The zero-order valence-corrected chi connectivity index (χ0v) is 16.1. The van der Waals surface area contributed by atoms with Crippen LogP contribution in [0.1, 0.15) is 19.3 Å². The maximum atomic E-state index is 6.52. The number of hydrogen-bond acceptors (Lipinski definition) is 1. The maximum Gasteiger partial charge on any atom is 0.127 e. The van der Waals surface area contributed by atoms with Crippen LogP contribution in [0.5, 0.6) is 5.75 Å². The number of fused-ring (bicyclic) bond motifs is 11. The lowest BCUT2D eigenvalue weighted by atomic mass is 9.69. The molecule has 3 aromatic carbocycles. The Bertz CT molecular complexity index is 1110. The smallest absolute Gasteiger partial charge is 0.127 e. The third-order valence-corrected chi connectivity index (χ3v) is 8.57. The molecule has 7 unspecified atom stereocenters. The van der Waals surface area contributed by atoms with Gasteiger partial charge in [0.25, 0.3) is 0 Å². The van der Waals surface area contributed by atoms with Crippen LogP contribution in [0.2, 0.25) is 0 Å². The van der Waals surface area contributed by atoms with E-state index in [-0.39, 0.29) is 0 Å². The van der Waals surface area contributed by atoms with Crippen LogP contribution in [0.4, 0.5) is 0 Å². The molecule has 4 aliphatic carbocycles. The van der Waals surface area contributed by atoms with Crippen molar-refractivity contribution in [3.05, 3.63) is 66.7 Å². The van der Waals surface area contributed by atoms with E-state index in [1.54, 1.807) is 0 Å². The van der Waals surface area contributed by atoms with Crippen molar-refractivity contribution in [2.45, 2.75) is 19.3 Å². The molecule has 7 rings (SSSR count). The predicted octanol–water partition coefficient (Wildman–Crippen LogP) is 6.47. The minimum Gasteiger partial charge on any atom is -0.493 e. The van der Waals surface area contributed by atoms with Crippen LogP contribution >= 0.6 is 0 Å². The summed E-state index contributed by atoms with van der Waals surface area (Å²) in [6, 6.07) is 19.7. The van der Waals surface area contributed by atoms with Gasteiger partial charge in [0.1, 0.15) is 5.75 Å². The summed E-state index contributed by atoms with van der Waals surface area (Å²) < 4.78 is 6.52. The lowest BCUT2D eigenvalue weighted by Crippen LogP contribution is -2.33. The van der Waals surface area contributed by atoms with Crippen molar-refractivity contribution in [2.75, 3.05) is 6.61 Å². The summed E-state index contributed by atoms with van der Waals surface area (Å²) in [6.45, 7) is 0.900. The highest BCUT2D eigenvalue weighted by atomic mass is 16.5. The van der Waals surface area contributed by atoms with Gasteiger partial charge in [0.15, 0.2) is 0 Å². The molecule has 3 aromatic rings. The standard InChI is InChI=1S/C27H26O/c1-2-5-17-13-23-18(10-16(17)4-1)6-3-7-25(23)28-15-22-12-21-14-24(22)27-20-9-8-19(11-20)26(21)27/h1-10,13,19-22,24,26-27H,11-12,14-15H2. The summed E-state index contributed by atoms with van der Waals surface area (Å²) in [5.41, 5.74) is 0. The van der Waals surface area contributed by atoms with Crippen molar-refractivity contribution in [1.82, 2.24) is 0 Å². The van der Waals surface area contributed by atoms with Gasteiger partial charge >= 0.3 is 0 Å². The van der Waals surface area contributed by atoms with Gasteiger partial charge in [0.2, 0.25) is 0 Å². The summed E-state index contributed by atoms with van der Waals surface area (Å²) in [7, 11) is 0. The Hall–Kier alpha value is -2.28. The van der Waals surface area contributed by atoms with Gasteiger partial charge in [-0.2, -0.15) is 0 Å². The SMILES string of the molecule is C1=CC2CC1C1C3CC(COc4cccc5cc6ccccc6cc45)C(C3)C21. The molecular weight excluding hydrogens is 340 g/mol. The van der Waals surface area contributed by atoms with Gasteiger partial charge in [-0.3, -0.25) is 0 Å². The van der Waals surface area contributed by atoms with Crippen LogP contribution < -0.4 is 4.74 Å². The summed E-state index contributed by atoms with van der Waals surface area (Å²) in [5.74, 6) is 7.49. The van der Waals surface area contributed by atoms with Gasteiger partial charge < -0.3 is 4.74 Å². The minimum absolute atomic E-state index is 0.759.